The Hall–Kier alpha value is -1.52. The molecular weight excluding hydrogens is 264 g/mol. The minimum absolute atomic E-state index is 0.429. The molecule has 0 amide bonds. The molecule has 1 aromatic heterocycles. The summed E-state index contributed by atoms with van der Waals surface area (Å²) in [4.78, 5) is 2.58. The maximum atomic E-state index is 6.23. The minimum atomic E-state index is 0.429. The van der Waals surface area contributed by atoms with Crippen LogP contribution in [-0.4, -0.2) is 38.2 Å². The summed E-state index contributed by atoms with van der Waals surface area (Å²) in [6.45, 7) is 2.30. The summed E-state index contributed by atoms with van der Waals surface area (Å²) in [5, 5.41) is 4.66. The highest BCUT2D eigenvalue weighted by atomic mass is 16.5. The van der Waals surface area contributed by atoms with Crippen LogP contribution in [0.1, 0.15) is 30.2 Å². The van der Waals surface area contributed by atoms with Gasteiger partial charge in [0.2, 0.25) is 0 Å². The predicted molar refractivity (Wildman–Crippen MR) is 82.9 cm³/mol. The number of hydrogen-bond acceptors (Lipinski definition) is 4. The molecule has 2 unspecified atom stereocenters. The van der Waals surface area contributed by atoms with Crippen LogP contribution in [0, 0.1) is 0 Å². The average molecular weight is 286 g/mol. The lowest BCUT2D eigenvalue weighted by Crippen LogP contribution is -2.45. The summed E-state index contributed by atoms with van der Waals surface area (Å²) in [5.41, 5.74) is 2.39. The molecule has 4 nitrogen and oxygen atoms in total. The van der Waals surface area contributed by atoms with Crippen LogP contribution >= 0.6 is 0 Å². The molecule has 112 valence electrons. The molecule has 0 radical (unpaired) electrons. The van der Waals surface area contributed by atoms with Crippen LogP contribution in [-0.2, 0) is 6.42 Å². The van der Waals surface area contributed by atoms with Gasteiger partial charge in [0.25, 0.3) is 0 Å². The lowest BCUT2D eigenvalue weighted by atomic mass is 9.89. The molecule has 0 bridgehead atoms. The van der Waals surface area contributed by atoms with Crippen molar-refractivity contribution in [2.24, 2.45) is 0 Å². The predicted octanol–water partition coefficient (Wildman–Crippen LogP) is 2.72. The maximum Gasteiger partial charge on any atom is 0.134 e. The molecule has 3 heterocycles. The van der Waals surface area contributed by atoms with Crippen molar-refractivity contribution in [1.82, 2.24) is 10.2 Å². The maximum absolute atomic E-state index is 6.23. The van der Waals surface area contributed by atoms with Crippen LogP contribution in [0.25, 0.3) is 11.0 Å². The average Bonchev–Trinajstić information content (AvgIpc) is 2.92. The molecule has 1 fully saturated rings. The first-order valence-electron chi connectivity index (χ1n) is 7.80. The molecule has 4 rings (SSSR count). The first-order chi connectivity index (χ1) is 10.3. The largest absolute Gasteiger partial charge is 0.497 e. The Morgan fingerprint density at radius 3 is 3.05 bits per heavy atom. The number of methoxy groups -OCH3 is 1. The van der Waals surface area contributed by atoms with Gasteiger partial charge in [-0.15, -0.1) is 0 Å². The smallest absolute Gasteiger partial charge is 0.134 e. The van der Waals surface area contributed by atoms with E-state index in [1.54, 1.807) is 7.11 Å². The number of benzene rings is 1. The highest BCUT2D eigenvalue weighted by Crippen LogP contribution is 2.42. The van der Waals surface area contributed by atoms with E-state index in [4.69, 9.17) is 9.15 Å². The van der Waals surface area contributed by atoms with E-state index in [1.165, 1.54) is 23.1 Å². The molecule has 0 spiro atoms. The molecule has 21 heavy (non-hydrogen) atoms. The van der Waals surface area contributed by atoms with Gasteiger partial charge in [-0.3, -0.25) is 4.90 Å². The van der Waals surface area contributed by atoms with E-state index < -0.39 is 0 Å². The number of hydrogen-bond donors (Lipinski definition) is 1. The van der Waals surface area contributed by atoms with Gasteiger partial charge in [0.15, 0.2) is 0 Å². The summed E-state index contributed by atoms with van der Waals surface area (Å²) in [6.07, 6.45) is 3.45. The van der Waals surface area contributed by atoms with Crippen molar-refractivity contribution in [2.45, 2.75) is 31.3 Å². The Bertz CT molecular complexity index is 664. The van der Waals surface area contributed by atoms with Crippen LogP contribution in [0.5, 0.6) is 5.75 Å². The zero-order chi connectivity index (χ0) is 14.4. The highest BCUT2D eigenvalue weighted by molar-refractivity contribution is 5.84. The fourth-order valence-corrected chi connectivity index (χ4v) is 3.87. The monoisotopic (exact) mass is 286 g/mol. The second kappa shape index (κ2) is 5.04. The van der Waals surface area contributed by atoms with Gasteiger partial charge < -0.3 is 14.5 Å². The number of piperidine rings is 1. The molecule has 2 aliphatic heterocycles. The number of nitrogens with one attached hydrogen (secondary N) is 1. The van der Waals surface area contributed by atoms with E-state index in [-0.39, 0.29) is 0 Å². The van der Waals surface area contributed by atoms with E-state index in [9.17, 15) is 0 Å². The van der Waals surface area contributed by atoms with Crippen LogP contribution in [0.3, 0.4) is 0 Å². The summed E-state index contributed by atoms with van der Waals surface area (Å²) < 4.78 is 11.6. The third kappa shape index (κ3) is 2.05. The van der Waals surface area contributed by atoms with Gasteiger partial charge in [0.1, 0.15) is 17.1 Å². The summed E-state index contributed by atoms with van der Waals surface area (Å²) >= 11 is 0. The van der Waals surface area contributed by atoms with Gasteiger partial charge >= 0.3 is 0 Å². The molecule has 2 atom stereocenters. The van der Waals surface area contributed by atoms with Crippen molar-refractivity contribution < 1.29 is 9.15 Å². The number of rotatable bonds is 2. The Balaban J connectivity index is 1.79. The van der Waals surface area contributed by atoms with Crippen molar-refractivity contribution >= 4 is 11.0 Å². The summed E-state index contributed by atoms with van der Waals surface area (Å²) in [5.74, 6) is 2.09. The third-order valence-corrected chi connectivity index (χ3v) is 5.10. The topological polar surface area (TPSA) is 37.6 Å². The quantitative estimate of drug-likeness (QED) is 0.921. The van der Waals surface area contributed by atoms with Crippen molar-refractivity contribution in [3.63, 3.8) is 0 Å². The molecule has 2 aromatic rings. The lowest BCUT2D eigenvalue weighted by molar-refractivity contribution is 0.101. The Kier molecular flexibility index (Phi) is 3.16. The fraction of sp³-hybridized carbons (Fsp3) is 0.529. The zero-order valence-corrected chi connectivity index (χ0v) is 12.7. The minimum Gasteiger partial charge on any atom is -0.497 e. The molecule has 1 N–H and O–H groups in total. The SMILES string of the molecule is CNC1CCN2CCc3c(oc4ccc(OC)cc34)C2C1. The number of furan rings is 1. The molecule has 0 saturated carbocycles. The second-order valence-electron chi connectivity index (χ2n) is 6.12. The normalized spacial score (nSPS) is 25.6. The van der Waals surface area contributed by atoms with E-state index in [1.807, 2.05) is 12.1 Å². The van der Waals surface area contributed by atoms with E-state index >= 15 is 0 Å². The molecule has 1 aromatic carbocycles. The number of nitrogens with zero attached hydrogens (tertiary/aromatic N) is 1. The van der Waals surface area contributed by atoms with E-state index in [0.717, 1.165) is 37.3 Å². The molecular formula is C17H22N2O2. The first-order valence-corrected chi connectivity index (χ1v) is 7.80. The van der Waals surface area contributed by atoms with Crippen molar-refractivity contribution in [3.8, 4) is 5.75 Å². The zero-order valence-electron chi connectivity index (χ0n) is 12.7. The third-order valence-electron chi connectivity index (χ3n) is 5.10. The number of fused-ring (bicyclic) bond motifs is 5. The summed E-state index contributed by atoms with van der Waals surface area (Å²) in [7, 11) is 3.78. The lowest BCUT2D eigenvalue weighted by Gasteiger charge is -2.41. The van der Waals surface area contributed by atoms with Crippen LogP contribution in [0.15, 0.2) is 22.6 Å². The van der Waals surface area contributed by atoms with Crippen LogP contribution in [0.2, 0.25) is 0 Å². The second-order valence-corrected chi connectivity index (χ2v) is 6.12. The van der Waals surface area contributed by atoms with Gasteiger partial charge in [0, 0.05) is 30.1 Å². The molecule has 4 heteroatoms. The molecule has 1 saturated heterocycles. The standard InChI is InChI=1S/C17H22N2O2/c1-18-11-5-7-19-8-6-13-14-10-12(20-2)3-4-16(14)21-17(13)15(19)9-11/h3-4,10-11,15,18H,5-9H2,1-2H3. The van der Waals surface area contributed by atoms with Gasteiger partial charge in [-0.05, 0) is 44.5 Å². The van der Waals surface area contributed by atoms with Crippen molar-refractivity contribution in [3.05, 3.63) is 29.5 Å². The van der Waals surface area contributed by atoms with Gasteiger partial charge in [-0.2, -0.15) is 0 Å². The van der Waals surface area contributed by atoms with E-state index in [2.05, 4.69) is 23.3 Å². The van der Waals surface area contributed by atoms with Crippen LogP contribution in [0.4, 0.5) is 0 Å². The van der Waals surface area contributed by atoms with Gasteiger partial charge in [-0.25, -0.2) is 0 Å². The fourth-order valence-electron chi connectivity index (χ4n) is 3.87. The Morgan fingerprint density at radius 2 is 2.24 bits per heavy atom. The van der Waals surface area contributed by atoms with Gasteiger partial charge in [-0.1, -0.05) is 0 Å². The van der Waals surface area contributed by atoms with Gasteiger partial charge in [0.05, 0.1) is 13.2 Å². The molecule has 2 aliphatic rings. The Morgan fingerprint density at radius 1 is 1.33 bits per heavy atom. The van der Waals surface area contributed by atoms with Crippen LogP contribution < -0.4 is 10.1 Å². The van der Waals surface area contributed by atoms with E-state index in [0.29, 0.717) is 12.1 Å². The highest BCUT2D eigenvalue weighted by Gasteiger charge is 2.36. The van der Waals surface area contributed by atoms with Crippen molar-refractivity contribution in [1.29, 1.82) is 0 Å². The Labute approximate surface area is 125 Å². The molecule has 0 aliphatic carbocycles. The van der Waals surface area contributed by atoms with Crippen molar-refractivity contribution in [2.75, 3.05) is 27.2 Å². The number of ether oxygens (including phenoxy) is 1. The first kappa shape index (κ1) is 13.2. The summed E-state index contributed by atoms with van der Waals surface area (Å²) in [6, 6.07) is 7.16.